The summed E-state index contributed by atoms with van der Waals surface area (Å²) in [5.74, 6) is -0.0234. The molecule has 1 heterocycles. The van der Waals surface area contributed by atoms with Gasteiger partial charge in [-0.2, -0.15) is 0 Å². The van der Waals surface area contributed by atoms with Gasteiger partial charge in [0, 0.05) is 24.6 Å². The molecule has 3 aromatic rings. The highest BCUT2D eigenvalue weighted by Gasteiger charge is 2.28. The van der Waals surface area contributed by atoms with Crippen LogP contribution in [0.4, 0.5) is 4.39 Å². The number of aliphatic hydroxyl groups excluding tert-OH is 1. The SMILES string of the molecule is CC=CC(F)(COCCCCCCNCC(O)c1ccc(O)c2[nH]c(=O)ccc12)c1ccccc1. The van der Waals surface area contributed by atoms with Crippen molar-refractivity contribution in [3.8, 4) is 5.75 Å². The minimum atomic E-state index is -1.61. The number of phenolic OH excluding ortho intramolecular Hbond substituents is 1. The largest absolute Gasteiger partial charge is 0.506 e. The maximum absolute atomic E-state index is 15.3. The lowest BCUT2D eigenvalue weighted by Gasteiger charge is -2.22. The molecule has 1 aromatic heterocycles. The molecular formula is C28H35FN2O4. The highest BCUT2D eigenvalue weighted by Crippen LogP contribution is 2.29. The van der Waals surface area contributed by atoms with Gasteiger partial charge >= 0.3 is 0 Å². The minimum Gasteiger partial charge on any atom is -0.506 e. The fourth-order valence-corrected chi connectivity index (χ4v) is 4.13. The van der Waals surface area contributed by atoms with Crippen molar-refractivity contribution in [3.05, 3.63) is 88.2 Å². The predicted octanol–water partition coefficient (Wildman–Crippen LogP) is 4.87. The third-order valence-electron chi connectivity index (χ3n) is 5.99. The van der Waals surface area contributed by atoms with Gasteiger partial charge in [0.25, 0.3) is 0 Å². The normalized spacial score (nSPS) is 14.4. The summed E-state index contributed by atoms with van der Waals surface area (Å²) in [6.07, 6.45) is 6.29. The van der Waals surface area contributed by atoms with E-state index in [1.54, 1.807) is 43.3 Å². The van der Waals surface area contributed by atoms with E-state index in [2.05, 4.69) is 10.3 Å². The quantitative estimate of drug-likeness (QED) is 0.194. The highest BCUT2D eigenvalue weighted by molar-refractivity contribution is 5.87. The molecule has 35 heavy (non-hydrogen) atoms. The number of phenols is 1. The molecule has 2 unspecified atom stereocenters. The number of aromatic amines is 1. The number of pyridine rings is 1. The zero-order chi connectivity index (χ0) is 25.1. The Balaban J connectivity index is 1.32. The maximum atomic E-state index is 15.3. The van der Waals surface area contributed by atoms with Crippen LogP contribution in [-0.2, 0) is 10.4 Å². The molecule has 188 valence electrons. The van der Waals surface area contributed by atoms with Crippen LogP contribution >= 0.6 is 0 Å². The summed E-state index contributed by atoms with van der Waals surface area (Å²) in [5.41, 5.74) is -0.341. The van der Waals surface area contributed by atoms with Gasteiger partial charge in [0.05, 0.1) is 18.2 Å². The van der Waals surface area contributed by atoms with Crippen LogP contribution < -0.4 is 10.9 Å². The second kappa shape index (κ2) is 13.2. The van der Waals surface area contributed by atoms with Crippen molar-refractivity contribution in [1.29, 1.82) is 0 Å². The molecule has 0 bridgehead atoms. The number of hydrogen-bond donors (Lipinski definition) is 4. The summed E-state index contributed by atoms with van der Waals surface area (Å²) in [5, 5.41) is 24.4. The number of nitrogens with one attached hydrogen (secondary N) is 2. The van der Waals surface area contributed by atoms with Gasteiger partial charge in [-0.25, -0.2) is 4.39 Å². The summed E-state index contributed by atoms with van der Waals surface area (Å²) < 4.78 is 20.9. The lowest BCUT2D eigenvalue weighted by molar-refractivity contribution is 0.0389. The smallest absolute Gasteiger partial charge is 0.248 e. The monoisotopic (exact) mass is 482 g/mol. The van der Waals surface area contributed by atoms with Crippen LogP contribution in [0.2, 0.25) is 0 Å². The molecule has 6 nitrogen and oxygen atoms in total. The molecule has 0 aliphatic heterocycles. The fraction of sp³-hybridized carbons (Fsp3) is 0.393. The Kier molecular flexibility index (Phi) is 10.0. The first-order valence-corrected chi connectivity index (χ1v) is 12.1. The van der Waals surface area contributed by atoms with Crippen molar-refractivity contribution in [2.75, 3.05) is 26.3 Å². The number of H-pyrrole nitrogens is 1. The third-order valence-corrected chi connectivity index (χ3v) is 5.99. The summed E-state index contributed by atoms with van der Waals surface area (Å²) in [7, 11) is 0. The molecule has 0 aliphatic carbocycles. The van der Waals surface area contributed by atoms with E-state index < -0.39 is 11.8 Å². The van der Waals surface area contributed by atoms with Crippen molar-refractivity contribution in [1.82, 2.24) is 10.3 Å². The zero-order valence-electron chi connectivity index (χ0n) is 20.2. The molecule has 2 aromatic carbocycles. The number of unbranched alkanes of at least 4 members (excludes halogenated alkanes) is 3. The molecule has 0 saturated heterocycles. The van der Waals surface area contributed by atoms with E-state index in [-0.39, 0.29) is 17.9 Å². The maximum Gasteiger partial charge on any atom is 0.248 e. The van der Waals surface area contributed by atoms with E-state index in [9.17, 15) is 15.0 Å². The average molecular weight is 483 g/mol. The van der Waals surface area contributed by atoms with Gasteiger partial charge in [-0.05, 0) is 55.6 Å². The van der Waals surface area contributed by atoms with Gasteiger partial charge in [-0.15, -0.1) is 0 Å². The standard InChI is InChI=1S/C28H35FN2O4/c1-2-16-28(29,21-10-6-5-7-11-21)20-35-18-9-4-3-8-17-30-19-25(33)22-12-14-24(32)27-23(22)13-15-26(34)31-27/h2,5-7,10-16,25,30,32-33H,3-4,8-9,17-20H2,1H3,(H,31,34). The van der Waals surface area contributed by atoms with Crippen molar-refractivity contribution in [2.24, 2.45) is 0 Å². The Bertz CT molecular complexity index is 1150. The molecule has 4 N–H and O–H groups in total. The first kappa shape index (κ1) is 26.6. The van der Waals surface area contributed by atoms with Crippen molar-refractivity contribution < 1.29 is 19.3 Å². The second-order valence-corrected chi connectivity index (χ2v) is 8.70. The van der Waals surface area contributed by atoms with Crippen LogP contribution in [0.5, 0.6) is 5.75 Å². The number of aromatic nitrogens is 1. The van der Waals surface area contributed by atoms with Crippen LogP contribution in [0.3, 0.4) is 0 Å². The molecular weight excluding hydrogens is 447 g/mol. The molecule has 0 spiro atoms. The first-order chi connectivity index (χ1) is 16.9. The number of alkyl halides is 1. The molecule has 0 aliphatic rings. The zero-order valence-corrected chi connectivity index (χ0v) is 20.2. The Morgan fingerprint density at radius 1 is 1.09 bits per heavy atom. The minimum absolute atomic E-state index is 0.000624. The third kappa shape index (κ3) is 7.49. The lowest BCUT2D eigenvalue weighted by Crippen LogP contribution is -2.24. The predicted molar refractivity (Wildman–Crippen MR) is 137 cm³/mol. The van der Waals surface area contributed by atoms with Crippen LogP contribution in [0.1, 0.15) is 49.8 Å². The number of benzene rings is 2. The molecule has 7 heteroatoms. The fourth-order valence-electron chi connectivity index (χ4n) is 4.13. The van der Waals surface area contributed by atoms with Crippen molar-refractivity contribution >= 4 is 10.9 Å². The molecule has 3 rings (SSSR count). The number of hydrogen-bond acceptors (Lipinski definition) is 5. The van der Waals surface area contributed by atoms with Gasteiger partial charge in [-0.3, -0.25) is 4.79 Å². The van der Waals surface area contributed by atoms with E-state index in [0.717, 1.165) is 32.2 Å². The number of fused-ring (bicyclic) bond motifs is 1. The molecule has 0 radical (unpaired) electrons. The average Bonchev–Trinajstić information content (AvgIpc) is 2.86. The number of aromatic hydroxyl groups is 1. The summed E-state index contributed by atoms with van der Waals surface area (Å²) in [4.78, 5) is 14.1. The van der Waals surface area contributed by atoms with Crippen LogP contribution in [0, 0.1) is 0 Å². The van der Waals surface area contributed by atoms with E-state index in [0.29, 0.717) is 35.2 Å². The summed E-state index contributed by atoms with van der Waals surface area (Å²) in [6.45, 7) is 3.44. The van der Waals surface area contributed by atoms with E-state index >= 15 is 4.39 Å². The number of aliphatic hydroxyl groups is 1. The van der Waals surface area contributed by atoms with Crippen molar-refractivity contribution in [3.63, 3.8) is 0 Å². The van der Waals surface area contributed by atoms with Crippen molar-refractivity contribution in [2.45, 2.75) is 44.4 Å². The Morgan fingerprint density at radius 2 is 1.86 bits per heavy atom. The van der Waals surface area contributed by atoms with Crippen LogP contribution in [-0.4, -0.2) is 41.5 Å². The van der Waals surface area contributed by atoms with Crippen LogP contribution in [0.15, 0.2) is 71.5 Å². The van der Waals surface area contributed by atoms with Gasteiger partial charge in [0.15, 0.2) is 5.67 Å². The van der Waals surface area contributed by atoms with Gasteiger partial charge in [0.2, 0.25) is 5.56 Å². The lowest BCUT2D eigenvalue weighted by atomic mass is 9.96. The highest BCUT2D eigenvalue weighted by atomic mass is 19.1. The Morgan fingerprint density at radius 3 is 2.63 bits per heavy atom. The van der Waals surface area contributed by atoms with Gasteiger partial charge in [-0.1, -0.05) is 55.3 Å². The summed E-state index contributed by atoms with van der Waals surface area (Å²) in [6, 6.07) is 15.2. The molecule has 0 amide bonds. The number of halogens is 1. The molecule has 0 fully saturated rings. The van der Waals surface area contributed by atoms with Gasteiger partial charge < -0.3 is 25.3 Å². The van der Waals surface area contributed by atoms with E-state index in [4.69, 9.17) is 4.74 Å². The number of rotatable bonds is 14. The molecule has 0 saturated carbocycles. The number of allylic oxidation sites excluding steroid dienone is 1. The first-order valence-electron chi connectivity index (χ1n) is 12.1. The molecule has 2 atom stereocenters. The Hall–Kier alpha value is -3.00. The van der Waals surface area contributed by atoms with Crippen LogP contribution in [0.25, 0.3) is 10.9 Å². The van der Waals surface area contributed by atoms with E-state index in [1.807, 2.05) is 18.2 Å². The summed E-state index contributed by atoms with van der Waals surface area (Å²) >= 11 is 0. The number of ether oxygens (including phenoxy) is 1. The Labute approximate surface area is 205 Å². The van der Waals surface area contributed by atoms with Gasteiger partial charge in [0.1, 0.15) is 5.75 Å². The second-order valence-electron chi connectivity index (χ2n) is 8.70. The van der Waals surface area contributed by atoms with E-state index in [1.165, 1.54) is 12.1 Å². The topological polar surface area (TPSA) is 94.6 Å².